The van der Waals surface area contributed by atoms with Crippen LogP contribution in [0.3, 0.4) is 0 Å². The SMILES string of the molecule is COCO[C@H]1[C@H](C)C23CCC(=O)C2[C@@](C)([C@H](C)CC3)[C@H](O)C[C@@]1(C)C(=O)OC.COCO[C@H]1[C@H](C)C23CCC(=O)C2[C@@](C)([C@H](C)CC3)[C@H](O)C[C@@]1(C)C=O. The molecule has 6 fully saturated rings. The van der Waals surface area contributed by atoms with Crippen LogP contribution < -0.4 is 0 Å². The number of aliphatic hydroxyl groups is 2. The summed E-state index contributed by atoms with van der Waals surface area (Å²) in [4.78, 5) is 51.3. The quantitative estimate of drug-likeness (QED) is 0.172. The van der Waals surface area contributed by atoms with Crippen molar-refractivity contribution in [3.63, 3.8) is 0 Å². The van der Waals surface area contributed by atoms with E-state index in [-0.39, 0.29) is 90.0 Å². The minimum atomic E-state index is -1.02. The molecule has 54 heavy (non-hydrogen) atoms. The van der Waals surface area contributed by atoms with Crippen molar-refractivity contribution in [1.82, 2.24) is 0 Å². The molecule has 0 saturated heterocycles. The monoisotopic (exact) mass is 762 g/mol. The van der Waals surface area contributed by atoms with Gasteiger partial charge in [-0.15, -0.1) is 0 Å². The molecule has 16 atom stereocenters. The molecule has 0 aromatic carbocycles. The van der Waals surface area contributed by atoms with E-state index >= 15 is 0 Å². The van der Waals surface area contributed by atoms with E-state index < -0.39 is 40.0 Å². The molecule has 4 bridgehead atoms. The van der Waals surface area contributed by atoms with E-state index in [1.54, 1.807) is 14.2 Å². The summed E-state index contributed by atoms with van der Waals surface area (Å²) in [5.74, 6) is 0.250. The molecule has 0 radical (unpaired) electrons. The Labute approximate surface area is 323 Å². The number of ketones is 2. The summed E-state index contributed by atoms with van der Waals surface area (Å²) in [5.41, 5.74) is -3.35. The first-order valence-corrected chi connectivity index (χ1v) is 20.4. The number of aliphatic hydroxyl groups excluding tert-OH is 2. The molecule has 6 aliphatic rings. The van der Waals surface area contributed by atoms with Crippen LogP contribution in [0.4, 0.5) is 0 Å². The number of hydrogen-bond acceptors (Lipinski definition) is 11. The van der Waals surface area contributed by atoms with E-state index in [2.05, 4.69) is 41.5 Å². The normalized spacial score (nSPS) is 49.9. The number of carbonyl (C=O) groups is 4. The lowest BCUT2D eigenvalue weighted by Gasteiger charge is -2.61. The lowest BCUT2D eigenvalue weighted by atomic mass is 9.44. The summed E-state index contributed by atoms with van der Waals surface area (Å²) < 4.78 is 27.6. The van der Waals surface area contributed by atoms with Crippen molar-refractivity contribution < 1.29 is 53.1 Å². The smallest absolute Gasteiger partial charge is 0.314 e. The van der Waals surface area contributed by atoms with Crippen LogP contribution in [0, 0.1) is 68.0 Å². The third kappa shape index (κ3) is 6.28. The van der Waals surface area contributed by atoms with Crippen molar-refractivity contribution in [2.45, 2.75) is 144 Å². The van der Waals surface area contributed by atoms with Crippen molar-refractivity contribution in [3.8, 4) is 0 Å². The molecule has 308 valence electrons. The Morgan fingerprint density at radius 3 is 1.56 bits per heavy atom. The zero-order valence-corrected chi connectivity index (χ0v) is 34.9. The molecule has 0 aliphatic heterocycles. The molecule has 0 aromatic heterocycles. The fourth-order valence-electron chi connectivity index (χ4n) is 13.8. The molecule has 6 aliphatic carbocycles. The lowest BCUT2D eigenvalue weighted by Crippen LogP contribution is -2.64. The summed E-state index contributed by atoms with van der Waals surface area (Å²) in [7, 11) is 4.50. The Balaban J connectivity index is 0.000000208. The van der Waals surface area contributed by atoms with Gasteiger partial charge in [0.15, 0.2) is 0 Å². The Hall–Kier alpha value is -1.76. The van der Waals surface area contributed by atoms with Gasteiger partial charge in [0.05, 0.1) is 42.4 Å². The second kappa shape index (κ2) is 15.5. The van der Waals surface area contributed by atoms with Crippen LogP contribution in [0.15, 0.2) is 0 Å². The van der Waals surface area contributed by atoms with Crippen molar-refractivity contribution >= 4 is 23.8 Å². The standard InChI is InChI=1S/C22H36O6.C21H34O5/c1-13-7-9-22-10-8-15(23)17(22)21(13,4)16(24)11-20(3,19(25)27-6)18(14(22)2)28-12-26-5;1-13-6-8-21-9-7-15(23)17(21)20(13,4)16(24)10-19(3,11-22)18(14(21)2)26-12-25-5/h13-14,16-18,24H,7-12H2,1-6H3;11,13-14,16-18,24H,6-10,12H2,1-5H3/t13-,14+,16-,17?,18+,20-,21+,22?;13-,14+,16-,17?,18+,19+,20+,21?/m11/s1. The number of rotatable bonds is 8. The maximum Gasteiger partial charge on any atom is 0.314 e. The van der Waals surface area contributed by atoms with Crippen LogP contribution in [0.5, 0.6) is 0 Å². The number of Topliss-reactive ketones (excluding diaryl/α,β-unsaturated/α-hetero) is 2. The zero-order chi connectivity index (χ0) is 40.2. The number of hydrogen-bond donors (Lipinski definition) is 2. The maximum atomic E-state index is 13.1. The highest BCUT2D eigenvalue weighted by Crippen LogP contribution is 2.69. The predicted octanol–water partition coefficient (Wildman–Crippen LogP) is 5.94. The van der Waals surface area contributed by atoms with Crippen LogP contribution in [0.25, 0.3) is 0 Å². The summed E-state index contributed by atoms with van der Waals surface area (Å²) in [6, 6.07) is 0. The highest BCUT2D eigenvalue weighted by atomic mass is 16.7. The molecule has 0 spiro atoms. The van der Waals surface area contributed by atoms with Crippen LogP contribution >= 0.6 is 0 Å². The number of carbonyl (C=O) groups excluding carboxylic acids is 4. The van der Waals surface area contributed by atoms with E-state index in [0.717, 1.165) is 44.8 Å². The van der Waals surface area contributed by atoms with Gasteiger partial charge in [-0.05, 0) is 92.8 Å². The van der Waals surface area contributed by atoms with E-state index in [9.17, 15) is 29.4 Å². The third-order valence-electron chi connectivity index (χ3n) is 17.3. The highest BCUT2D eigenvalue weighted by molar-refractivity contribution is 5.86. The van der Waals surface area contributed by atoms with Gasteiger partial charge in [0.2, 0.25) is 0 Å². The van der Waals surface area contributed by atoms with Crippen molar-refractivity contribution in [2.75, 3.05) is 34.9 Å². The van der Waals surface area contributed by atoms with Crippen LogP contribution in [-0.2, 0) is 42.9 Å². The van der Waals surface area contributed by atoms with Crippen molar-refractivity contribution in [3.05, 3.63) is 0 Å². The number of aldehydes is 1. The minimum Gasteiger partial charge on any atom is -0.469 e. The minimum absolute atomic E-state index is 0.0393. The molecule has 0 heterocycles. The van der Waals surface area contributed by atoms with Gasteiger partial charge >= 0.3 is 5.97 Å². The highest BCUT2D eigenvalue weighted by Gasteiger charge is 2.70. The second-order valence-electron chi connectivity index (χ2n) is 19.4. The molecule has 6 rings (SSSR count). The van der Waals surface area contributed by atoms with Gasteiger partial charge in [-0.3, -0.25) is 14.4 Å². The summed E-state index contributed by atoms with van der Waals surface area (Å²) >= 11 is 0. The number of methoxy groups -OCH3 is 3. The van der Waals surface area contributed by atoms with Gasteiger partial charge in [-0.1, -0.05) is 48.5 Å². The van der Waals surface area contributed by atoms with Gasteiger partial charge in [0, 0.05) is 49.7 Å². The first-order chi connectivity index (χ1) is 25.3. The Kier molecular flexibility index (Phi) is 12.5. The van der Waals surface area contributed by atoms with E-state index in [1.807, 2.05) is 13.8 Å². The first-order valence-electron chi connectivity index (χ1n) is 20.4. The molecule has 2 N–H and O–H groups in total. The number of esters is 1. The summed E-state index contributed by atoms with van der Waals surface area (Å²) in [6.07, 6.45) is 5.65. The predicted molar refractivity (Wildman–Crippen MR) is 201 cm³/mol. The average molecular weight is 763 g/mol. The fraction of sp³-hybridized carbons (Fsp3) is 0.907. The van der Waals surface area contributed by atoms with Gasteiger partial charge in [0.1, 0.15) is 31.4 Å². The molecular formula is C43H70O11. The molecule has 11 heteroatoms. The summed E-state index contributed by atoms with van der Waals surface area (Å²) in [6.45, 7) is 16.6. The van der Waals surface area contributed by atoms with E-state index in [4.69, 9.17) is 23.7 Å². The Morgan fingerprint density at radius 2 is 1.13 bits per heavy atom. The van der Waals surface area contributed by atoms with Gasteiger partial charge in [0.25, 0.3) is 0 Å². The molecule has 4 unspecified atom stereocenters. The lowest BCUT2D eigenvalue weighted by molar-refractivity contribution is -0.228. The van der Waals surface area contributed by atoms with E-state index in [1.165, 1.54) is 7.11 Å². The van der Waals surface area contributed by atoms with Crippen LogP contribution in [0.2, 0.25) is 0 Å². The molecule has 11 nitrogen and oxygen atoms in total. The van der Waals surface area contributed by atoms with Crippen LogP contribution in [0.1, 0.15) is 120 Å². The third-order valence-corrected chi connectivity index (χ3v) is 17.3. The number of ether oxygens (including phenoxy) is 5. The average Bonchev–Trinajstić information content (AvgIpc) is 3.68. The molecule has 0 amide bonds. The van der Waals surface area contributed by atoms with Gasteiger partial charge in [-0.25, -0.2) is 0 Å². The van der Waals surface area contributed by atoms with Crippen LogP contribution in [-0.4, -0.2) is 93.4 Å². The maximum absolute atomic E-state index is 13.1. The topological polar surface area (TPSA) is 155 Å². The van der Waals surface area contributed by atoms with Crippen molar-refractivity contribution in [2.24, 2.45) is 68.0 Å². The zero-order valence-electron chi connectivity index (χ0n) is 34.9. The molecular weight excluding hydrogens is 692 g/mol. The fourth-order valence-corrected chi connectivity index (χ4v) is 13.8. The molecule has 0 aromatic rings. The first kappa shape index (κ1) is 43.4. The van der Waals surface area contributed by atoms with Gasteiger partial charge in [-0.2, -0.15) is 0 Å². The largest absolute Gasteiger partial charge is 0.469 e. The molecule has 6 saturated carbocycles. The Bertz CT molecular complexity index is 1420. The van der Waals surface area contributed by atoms with Crippen molar-refractivity contribution in [1.29, 1.82) is 0 Å². The second-order valence-corrected chi connectivity index (χ2v) is 19.4. The van der Waals surface area contributed by atoms with Gasteiger partial charge < -0.3 is 38.7 Å². The Morgan fingerprint density at radius 1 is 0.704 bits per heavy atom. The summed E-state index contributed by atoms with van der Waals surface area (Å²) in [5, 5.41) is 22.8. The van der Waals surface area contributed by atoms with E-state index in [0.29, 0.717) is 19.3 Å².